The zero-order chi connectivity index (χ0) is 15.6. The normalized spacial score (nSPS) is 18.7. The molecule has 1 unspecified atom stereocenters. The highest BCUT2D eigenvalue weighted by Crippen LogP contribution is 2.32. The molecule has 2 N–H and O–H groups in total. The van der Waals surface area contributed by atoms with Crippen LogP contribution in [0.4, 0.5) is 5.69 Å². The first-order chi connectivity index (χ1) is 9.78. The fourth-order valence-electron chi connectivity index (χ4n) is 2.06. The summed E-state index contributed by atoms with van der Waals surface area (Å²) in [6.45, 7) is 0.558. The van der Waals surface area contributed by atoms with Crippen LogP contribution in [0.2, 0.25) is 0 Å². The number of carboxylic acid groups (broad SMARTS) is 1. The van der Waals surface area contributed by atoms with Crippen molar-refractivity contribution in [2.24, 2.45) is 0 Å². The second-order valence-corrected chi connectivity index (χ2v) is 8.17. The van der Waals surface area contributed by atoms with E-state index in [0.717, 1.165) is 6.42 Å². The van der Waals surface area contributed by atoms with E-state index < -0.39 is 16.0 Å². The van der Waals surface area contributed by atoms with Crippen LogP contribution < -0.4 is 4.72 Å². The molecule has 1 aromatic rings. The molecule has 0 aromatic heterocycles. The Kier molecular flexibility index (Phi) is 5.29. The van der Waals surface area contributed by atoms with Gasteiger partial charge in [0.1, 0.15) is 0 Å². The summed E-state index contributed by atoms with van der Waals surface area (Å²) >= 11 is 6.36. The van der Waals surface area contributed by atoms with Crippen LogP contribution in [0.15, 0.2) is 21.1 Å². The molecule has 1 heterocycles. The van der Waals surface area contributed by atoms with Gasteiger partial charge in [0.05, 0.1) is 23.1 Å². The van der Waals surface area contributed by atoms with Crippen LogP contribution in [0, 0.1) is 0 Å². The molecule has 0 amide bonds. The Balaban J connectivity index is 2.27. The molecule has 1 fully saturated rings. The van der Waals surface area contributed by atoms with Crippen molar-refractivity contribution in [2.45, 2.75) is 18.9 Å². The molecular formula is C12H13Br2NO5S. The smallest absolute Gasteiger partial charge is 0.337 e. The molecule has 1 atom stereocenters. The Labute approximate surface area is 139 Å². The second-order valence-electron chi connectivity index (χ2n) is 4.63. The number of anilines is 1. The molecule has 2 rings (SSSR count). The van der Waals surface area contributed by atoms with E-state index in [9.17, 15) is 18.3 Å². The molecule has 0 radical (unpaired) electrons. The number of hydrogen-bond donors (Lipinski definition) is 2. The van der Waals surface area contributed by atoms with Crippen LogP contribution in [0.25, 0.3) is 0 Å². The van der Waals surface area contributed by atoms with Gasteiger partial charge in [0.25, 0.3) is 0 Å². The number of rotatable bonds is 5. The van der Waals surface area contributed by atoms with E-state index in [0.29, 0.717) is 22.0 Å². The third-order valence-corrected chi connectivity index (χ3v) is 5.38. The average Bonchev–Trinajstić information content (AvgIpc) is 2.83. The summed E-state index contributed by atoms with van der Waals surface area (Å²) in [5, 5.41) is 9.19. The minimum atomic E-state index is -3.69. The van der Waals surface area contributed by atoms with Crippen LogP contribution in [-0.4, -0.2) is 38.0 Å². The Morgan fingerprint density at radius 1 is 1.43 bits per heavy atom. The quantitative estimate of drug-likeness (QED) is 0.731. The monoisotopic (exact) mass is 441 g/mol. The predicted molar refractivity (Wildman–Crippen MR) is 85.2 cm³/mol. The Morgan fingerprint density at radius 2 is 2.14 bits per heavy atom. The first kappa shape index (κ1) is 16.7. The molecular weight excluding hydrogens is 430 g/mol. The van der Waals surface area contributed by atoms with Crippen molar-refractivity contribution in [3.05, 3.63) is 26.6 Å². The largest absolute Gasteiger partial charge is 0.478 e. The van der Waals surface area contributed by atoms with E-state index in [1.165, 1.54) is 6.07 Å². The van der Waals surface area contributed by atoms with Crippen LogP contribution in [0.1, 0.15) is 23.2 Å². The maximum absolute atomic E-state index is 12.2. The van der Waals surface area contributed by atoms with Crippen molar-refractivity contribution < 1.29 is 23.1 Å². The highest BCUT2D eigenvalue weighted by Gasteiger charge is 2.25. The average molecular weight is 443 g/mol. The lowest BCUT2D eigenvalue weighted by Gasteiger charge is -2.15. The molecule has 1 aromatic carbocycles. The standard InChI is InChI=1S/C12H13Br2NO5S/c13-7-4-9(12(16)17)11(10(14)5-7)15-21(18,19)6-8-2-1-3-20-8/h4-5,8,15H,1-3,6H2,(H,16,17). The number of aromatic carboxylic acids is 1. The van der Waals surface area contributed by atoms with Gasteiger partial charge in [-0.25, -0.2) is 13.2 Å². The summed E-state index contributed by atoms with van der Waals surface area (Å²) in [7, 11) is -3.69. The van der Waals surface area contributed by atoms with Gasteiger partial charge >= 0.3 is 5.97 Å². The molecule has 9 heteroatoms. The van der Waals surface area contributed by atoms with Crippen LogP contribution in [-0.2, 0) is 14.8 Å². The fraction of sp³-hybridized carbons (Fsp3) is 0.417. The number of halogens is 2. The predicted octanol–water partition coefficient (Wildman–Crippen LogP) is 2.83. The van der Waals surface area contributed by atoms with Crippen molar-refractivity contribution in [2.75, 3.05) is 17.1 Å². The molecule has 1 aliphatic heterocycles. The number of benzene rings is 1. The summed E-state index contributed by atoms with van der Waals surface area (Å²) in [6.07, 6.45) is 1.18. The number of hydrogen-bond acceptors (Lipinski definition) is 4. The summed E-state index contributed by atoms with van der Waals surface area (Å²) < 4.78 is 32.8. The van der Waals surface area contributed by atoms with Crippen LogP contribution in [0.3, 0.4) is 0 Å². The van der Waals surface area contributed by atoms with E-state index in [4.69, 9.17) is 4.74 Å². The van der Waals surface area contributed by atoms with Gasteiger partial charge in [0.2, 0.25) is 10.0 Å². The van der Waals surface area contributed by atoms with Gasteiger partial charge in [-0.15, -0.1) is 0 Å². The lowest BCUT2D eigenvalue weighted by Crippen LogP contribution is -2.26. The van der Waals surface area contributed by atoms with Gasteiger partial charge in [-0.05, 0) is 40.9 Å². The SMILES string of the molecule is O=C(O)c1cc(Br)cc(Br)c1NS(=O)(=O)CC1CCCO1. The lowest BCUT2D eigenvalue weighted by atomic mass is 10.2. The molecule has 1 aliphatic rings. The van der Waals surface area contributed by atoms with E-state index in [1.807, 2.05) is 0 Å². The van der Waals surface area contributed by atoms with Crippen molar-refractivity contribution in [1.29, 1.82) is 0 Å². The van der Waals surface area contributed by atoms with Crippen LogP contribution >= 0.6 is 31.9 Å². The summed E-state index contributed by atoms with van der Waals surface area (Å²) in [6, 6.07) is 2.92. The minimum absolute atomic E-state index is 0.0173. The van der Waals surface area contributed by atoms with Crippen molar-refractivity contribution in [1.82, 2.24) is 0 Å². The van der Waals surface area contributed by atoms with Gasteiger partial charge in [-0.3, -0.25) is 4.72 Å². The zero-order valence-corrected chi connectivity index (χ0v) is 14.8. The second kappa shape index (κ2) is 6.64. The molecule has 116 valence electrons. The topological polar surface area (TPSA) is 92.7 Å². The molecule has 6 nitrogen and oxygen atoms in total. The number of carbonyl (C=O) groups is 1. The Morgan fingerprint density at radius 3 is 2.71 bits per heavy atom. The van der Waals surface area contributed by atoms with Gasteiger partial charge in [0, 0.05) is 15.6 Å². The summed E-state index contributed by atoms with van der Waals surface area (Å²) in [5.41, 5.74) is -0.115. The third kappa shape index (κ3) is 4.41. The number of nitrogens with one attached hydrogen (secondary N) is 1. The highest BCUT2D eigenvalue weighted by atomic mass is 79.9. The molecule has 21 heavy (non-hydrogen) atoms. The maximum Gasteiger partial charge on any atom is 0.337 e. The number of carboxylic acids is 1. The van der Waals surface area contributed by atoms with Crippen molar-refractivity contribution in [3.63, 3.8) is 0 Å². The Bertz CT molecular complexity index is 656. The minimum Gasteiger partial charge on any atom is -0.478 e. The van der Waals surface area contributed by atoms with Gasteiger partial charge in [-0.1, -0.05) is 15.9 Å². The molecule has 0 bridgehead atoms. The summed E-state index contributed by atoms with van der Waals surface area (Å²) in [4.78, 5) is 11.3. The highest BCUT2D eigenvalue weighted by molar-refractivity contribution is 9.11. The third-order valence-electron chi connectivity index (χ3n) is 2.97. The fourth-order valence-corrected chi connectivity index (χ4v) is 4.89. The van der Waals surface area contributed by atoms with E-state index in [1.54, 1.807) is 6.07 Å². The molecule has 1 saturated heterocycles. The van der Waals surface area contributed by atoms with Gasteiger partial charge < -0.3 is 9.84 Å². The van der Waals surface area contributed by atoms with Crippen molar-refractivity contribution >= 4 is 53.5 Å². The van der Waals surface area contributed by atoms with E-state index >= 15 is 0 Å². The molecule has 0 saturated carbocycles. The van der Waals surface area contributed by atoms with Crippen molar-refractivity contribution in [3.8, 4) is 0 Å². The van der Waals surface area contributed by atoms with E-state index in [2.05, 4.69) is 36.6 Å². The Hall–Kier alpha value is -0.640. The van der Waals surface area contributed by atoms with Crippen LogP contribution in [0.5, 0.6) is 0 Å². The summed E-state index contributed by atoms with van der Waals surface area (Å²) in [5.74, 6) is -1.40. The molecule has 0 aliphatic carbocycles. The lowest BCUT2D eigenvalue weighted by molar-refractivity contribution is 0.0698. The zero-order valence-electron chi connectivity index (χ0n) is 10.8. The van der Waals surface area contributed by atoms with Gasteiger partial charge in [0.15, 0.2) is 0 Å². The number of ether oxygens (including phenoxy) is 1. The first-order valence-electron chi connectivity index (χ1n) is 6.13. The maximum atomic E-state index is 12.2. The first-order valence-corrected chi connectivity index (χ1v) is 9.37. The van der Waals surface area contributed by atoms with Gasteiger partial charge in [-0.2, -0.15) is 0 Å². The molecule has 0 spiro atoms. The number of sulfonamides is 1. The van der Waals surface area contributed by atoms with E-state index in [-0.39, 0.29) is 23.1 Å².